The molecule has 20 heavy (non-hydrogen) atoms. The normalized spacial score (nSPS) is 13.2. The molecule has 1 aromatic heterocycles. The summed E-state index contributed by atoms with van der Waals surface area (Å²) in [6, 6.07) is 10.4. The van der Waals surface area contributed by atoms with Crippen LogP contribution in [0.3, 0.4) is 0 Å². The number of anilines is 1. The first-order chi connectivity index (χ1) is 9.59. The topological polar surface area (TPSA) is 60.7 Å². The van der Waals surface area contributed by atoms with Gasteiger partial charge in [0.15, 0.2) is 5.78 Å². The van der Waals surface area contributed by atoms with E-state index in [0.29, 0.717) is 10.8 Å². The van der Waals surface area contributed by atoms with Gasteiger partial charge in [-0.15, -0.1) is 0 Å². The molecule has 5 nitrogen and oxygen atoms in total. The standard InChI is InChI=1S/C13H15ClNO4P/c1-17-20(16,18-2)13(12-4-3-9-19-12)15-11-7-5-10(14)6-8-11/h3-9,13,15H,1-2H3. The average Bonchev–Trinajstić information content (AvgIpc) is 2.99. The molecule has 1 aromatic carbocycles. The number of rotatable bonds is 6. The molecular formula is C13H15ClNO4P. The second-order valence-electron chi connectivity index (χ2n) is 3.97. The molecule has 2 rings (SSSR count). The van der Waals surface area contributed by atoms with Crippen molar-refractivity contribution in [3.8, 4) is 0 Å². The van der Waals surface area contributed by atoms with Crippen LogP contribution in [-0.2, 0) is 13.6 Å². The molecule has 0 aliphatic carbocycles. The third-order valence-corrected chi connectivity index (χ3v) is 5.07. The van der Waals surface area contributed by atoms with Crippen LogP contribution in [0.5, 0.6) is 0 Å². The zero-order valence-electron chi connectivity index (χ0n) is 11.1. The van der Waals surface area contributed by atoms with Crippen LogP contribution in [0.25, 0.3) is 0 Å². The minimum Gasteiger partial charge on any atom is -0.466 e. The van der Waals surface area contributed by atoms with E-state index >= 15 is 0 Å². The van der Waals surface area contributed by atoms with Crippen LogP contribution in [0.4, 0.5) is 5.69 Å². The smallest absolute Gasteiger partial charge is 0.359 e. The fourth-order valence-electron chi connectivity index (χ4n) is 1.74. The fourth-order valence-corrected chi connectivity index (χ4v) is 3.20. The first-order valence-corrected chi connectivity index (χ1v) is 7.85. The quantitative estimate of drug-likeness (QED) is 0.794. The van der Waals surface area contributed by atoms with Crippen LogP contribution in [0.15, 0.2) is 47.1 Å². The zero-order chi connectivity index (χ0) is 14.6. The highest BCUT2D eigenvalue weighted by Crippen LogP contribution is 2.59. The van der Waals surface area contributed by atoms with Gasteiger partial charge in [0.25, 0.3) is 0 Å². The highest BCUT2D eigenvalue weighted by atomic mass is 35.5. The van der Waals surface area contributed by atoms with E-state index in [1.54, 1.807) is 36.4 Å². The summed E-state index contributed by atoms with van der Waals surface area (Å²) in [4.78, 5) is 0. The van der Waals surface area contributed by atoms with Crippen molar-refractivity contribution in [2.45, 2.75) is 5.78 Å². The number of halogens is 1. The van der Waals surface area contributed by atoms with Gasteiger partial charge in [-0.2, -0.15) is 0 Å². The Kier molecular flexibility index (Phi) is 4.89. The molecule has 0 bridgehead atoms. The lowest BCUT2D eigenvalue weighted by Gasteiger charge is -2.24. The summed E-state index contributed by atoms with van der Waals surface area (Å²) in [7, 11) is -0.721. The van der Waals surface area contributed by atoms with E-state index < -0.39 is 13.4 Å². The van der Waals surface area contributed by atoms with E-state index in [-0.39, 0.29) is 0 Å². The van der Waals surface area contributed by atoms with Crippen molar-refractivity contribution in [3.05, 3.63) is 53.4 Å². The van der Waals surface area contributed by atoms with Crippen molar-refractivity contribution >= 4 is 24.9 Å². The van der Waals surface area contributed by atoms with E-state index in [2.05, 4.69) is 5.32 Å². The van der Waals surface area contributed by atoms with E-state index in [4.69, 9.17) is 25.1 Å². The van der Waals surface area contributed by atoms with Crippen molar-refractivity contribution in [1.82, 2.24) is 0 Å². The summed E-state index contributed by atoms with van der Waals surface area (Å²) in [5, 5.41) is 3.70. The number of benzene rings is 1. The maximum Gasteiger partial charge on any atom is 0.359 e. The lowest BCUT2D eigenvalue weighted by atomic mass is 10.3. The molecule has 108 valence electrons. The van der Waals surface area contributed by atoms with Gasteiger partial charge in [-0.05, 0) is 36.4 Å². The predicted molar refractivity (Wildman–Crippen MR) is 78.1 cm³/mol. The van der Waals surface area contributed by atoms with Crippen molar-refractivity contribution in [3.63, 3.8) is 0 Å². The molecule has 0 amide bonds. The van der Waals surface area contributed by atoms with Crippen LogP contribution < -0.4 is 5.32 Å². The summed E-state index contributed by atoms with van der Waals surface area (Å²) in [6.45, 7) is 0. The van der Waals surface area contributed by atoms with Gasteiger partial charge >= 0.3 is 7.60 Å². The second kappa shape index (κ2) is 6.46. The van der Waals surface area contributed by atoms with Gasteiger partial charge in [0.2, 0.25) is 0 Å². The molecule has 0 radical (unpaired) electrons. The van der Waals surface area contributed by atoms with Crippen LogP contribution in [-0.4, -0.2) is 14.2 Å². The van der Waals surface area contributed by atoms with Crippen LogP contribution in [0, 0.1) is 0 Å². The monoisotopic (exact) mass is 315 g/mol. The Bertz CT molecular complexity index is 577. The molecule has 1 unspecified atom stereocenters. The molecule has 2 aromatic rings. The SMILES string of the molecule is COP(=O)(OC)C(Nc1ccc(Cl)cc1)c1ccco1. The summed E-state index contributed by atoms with van der Waals surface area (Å²) in [5.74, 6) is -0.277. The maximum absolute atomic E-state index is 12.6. The third-order valence-electron chi connectivity index (χ3n) is 2.79. The molecule has 1 atom stereocenters. The van der Waals surface area contributed by atoms with Gasteiger partial charge in [-0.1, -0.05) is 11.6 Å². The number of nitrogens with one attached hydrogen (secondary N) is 1. The van der Waals surface area contributed by atoms with Crippen LogP contribution in [0.2, 0.25) is 5.02 Å². The van der Waals surface area contributed by atoms with Crippen molar-refractivity contribution < 1.29 is 18.0 Å². The van der Waals surface area contributed by atoms with Gasteiger partial charge in [0, 0.05) is 24.9 Å². The van der Waals surface area contributed by atoms with Gasteiger partial charge in [-0.3, -0.25) is 4.57 Å². The Hall–Kier alpha value is -1.26. The minimum atomic E-state index is -3.40. The fraction of sp³-hybridized carbons (Fsp3) is 0.231. The van der Waals surface area contributed by atoms with E-state index in [9.17, 15) is 4.57 Å². The minimum absolute atomic E-state index is 0.465. The molecule has 0 aliphatic heterocycles. The first-order valence-electron chi connectivity index (χ1n) is 5.86. The predicted octanol–water partition coefficient (Wildman–Crippen LogP) is 4.53. The maximum atomic E-state index is 12.6. The highest BCUT2D eigenvalue weighted by molar-refractivity contribution is 7.54. The first kappa shape index (κ1) is 15.1. The number of hydrogen-bond acceptors (Lipinski definition) is 5. The van der Waals surface area contributed by atoms with Crippen molar-refractivity contribution in [1.29, 1.82) is 0 Å². The molecule has 0 saturated carbocycles. The van der Waals surface area contributed by atoms with E-state index in [1.165, 1.54) is 20.5 Å². The summed E-state index contributed by atoms with van der Waals surface area (Å²) in [5.41, 5.74) is 0.727. The Balaban J connectivity index is 2.33. The lowest BCUT2D eigenvalue weighted by Crippen LogP contribution is -2.12. The Labute approximate surface area is 122 Å². The van der Waals surface area contributed by atoms with Crippen LogP contribution in [0.1, 0.15) is 11.5 Å². The number of furan rings is 1. The van der Waals surface area contributed by atoms with Crippen molar-refractivity contribution in [2.24, 2.45) is 0 Å². The average molecular weight is 316 g/mol. The molecule has 1 heterocycles. The Morgan fingerprint density at radius 2 is 1.85 bits per heavy atom. The van der Waals surface area contributed by atoms with Gasteiger partial charge in [0.05, 0.1) is 6.26 Å². The molecule has 1 N–H and O–H groups in total. The summed E-state index contributed by atoms with van der Waals surface area (Å²) in [6.07, 6.45) is 1.50. The zero-order valence-corrected chi connectivity index (χ0v) is 12.7. The molecular weight excluding hydrogens is 301 g/mol. The second-order valence-corrected chi connectivity index (χ2v) is 6.74. The molecule has 0 spiro atoms. The summed E-state index contributed by atoms with van der Waals surface area (Å²) >= 11 is 5.84. The van der Waals surface area contributed by atoms with Gasteiger partial charge in [0.1, 0.15) is 5.76 Å². The van der Waals surface area contributed by atoms with E-state index in [1.807, 2.05) is 0 Å². The molecule has 7 heteroatoms. The highest BCUT2D eigenvalue weighted by Gasteiger charge is 2.37. The molecule has 0 aliphatic rings. The largest absolute Gasteiger partial charge is 0.466 e. The third kappa shape index (κ3) is 3.25. The van der Waals surface area contributed by atoms with E-state index in [0.717, 1.165) is 5.69 Å². The van der Waals surface area contributed by atoms with Crippen LogP contribution >= 0.6 is 19.2 Å². The molecule has 0 saturated heterocycles. The van der Waals surface area contributed by atoms with Crippen molar-refractivity contribution in [2.75, 3.05) is 19.5 Å². The lowest BCUT2D eigenvalue weighted by molar-refractivity contribution is 0.264. The Morgan fingerprint density at radius 3 is 2.35 bits per heavy atom. The number of hydrogen-bond donors (Lipinski definition) is 1. The Morgan fingerprint density at radius 1 is 1.20 bits per heavy atom. The van der Waals surface area contributed by atoms with Gasteiger partial charge in [-0.25, -0.2) is 0 Å². The summed E-state index contributed by atoms with van der Waals surface area (Å²) < 4.78 is 28.1. The van der Waals surface area contributed by atoms with Gasteiger partial charge < -0.3 is 18.8 Å². The molecule has 0 fully saturated rings.